The van der Waals surface area contributed by atoms with E-state index in [1.165, 1.54) is 24.3 Å². The van der Waals surface area contributed by atoms with Crippen LogP contribution in [0.3, 0.4) is 0 Å². The van der Waals surface area contributed by atoms with Crippen LogP contribution in [0.2, 0.25) is 5.02 Å². The zero-order chi connectivity index (χ0) is 23.4. The first-order valence-corrected chi connectivity index (χ1v) is 12.4. The molecule has 4 rings (SSSR count). The molecule has 9 heteroatoms. The number of hydrogen-bond donors (Lipinski definition) is 2. The minimum atomic E-state index is -3.76. The second-order valence-corrected chi connectivity index (χ2v) is 10.0. The molecule has 1 amide bonds. The maximum absolute atomic E-state index is 12.9. The van der Waals surface area contributed by atoms with Crippen molar-refractivity contribution in [3.63, 3.8) is 0 Å². The highest BCUT2D eigenvalue weighted by Gasteiger charge is 2.20. The van der Waals surface area contributed by atoms with Gasteiger partial charge in [0.05, 0.1) is 16.3 Å². The lowest BCUT2D eigenvalue weighted by atomic mass is 10.1. The van der Waals surface area contributed by atoms with Crippen molar-refractivity contribution in [2.45, 2.75) is 4.90 Å². The molecule has 3 aromatic rings. The van der Waals surface area contributed by atoms with Gasteiger partial charge in [-0.15, -0.1) is 0 Å². The van der Waals surface area contributed by atoms with Crippen LogP contribution in [0, 0.1) is 0 Å². The van der Waals surface area contributed by atoms with Crippen molar-refractivity contribution in [3.8, 4) is 0 Å². The number of likely N-dealkylation sites (N-methyl/N-ethyl adjacent to an activating group) is 1. The number of nitrogens with zero attached hydrogens (tertiary/aromatic N) is 2. The normalized spacial score (nSPS) is 14.7. The topological polar surface area (TPSA) is 81.8 Å². The first-order chi connectivity index (χ1) is 15.8. The van der Waals surface area contributed by atoms with Gasteiger partial charge in [-0.25, -0.2) is 8.42 Å². The molecule has 0 radical (unpaired) electrons. The fourth-order valence-corrected chi connectivity index (χ4v) is 4.86. The highest BCUT2D eigenvalue weighted by atomic mass is 35.5. The van der Waals surface area contributed by atoms with Crippen LogP contribution in [0.25, 0.3) is 0 Å². The van der Waals surface area contributed by atoms with Crippen molar-refractivity contribution in [1.82, 2.24) is 4.90 Å². The Morgan fingerprint density at radius 3 is 2.24 bits per heavy atom. The van der Waals surface area contributed by atoms with Gasteiger partial charge in [0.1, 0.15) is 0 Å². The molecule has 1 saturated heterocycles. The zero-order valence-electron chi connectivity index (χ0n) is 18.2. The van der Waals surface area contributed by atoms with Gasteiger partial charge in [-0.3, -0.25) is 9.52 Å². The number of carbonyl (C=O) groups excluding carboxylic acids is 1. The number of hydrogen-bond acceptors (Lipinski definition) is 5. The summed E-state index contributed by atoms with van der Waals surface area (Å²) in [6, 6.07) is 19.9. The van der Waals surface area contributed by atoms with Crippen LogP contribution in [-0.2, 0) is 10.0 Å². The molecule has 0 bridgehead atoms. The lowest BCUT2D eigenvalue weighted by molar-refractivity contribution is 0.102. The van der Waals surface area contributed by atoms with Crippen molar-refractivity contribution >= 4 is 44.6 Å². The Hall–Kier alpha value is -3.07. The molecule has 0 saturated carbocycles. The number of nitrogens with one attached hydrogen (secondary N) is 2. The van der Waals surface area contributed by atoms with Gasteiger partial charge in [-0.05, 0) is 61.6 Å². The first-order valence-electron chi connectivity index (χ1n) is 10.5. The Balaban J connectivity index is 1.50. The van der Waals surface area contributed by atoms with E-state index in [1.807, 2.05) is 12.1 Å². The van der Waals surface area contributed by atoms with Crippen LogP contribution < -0.4 is 14.9 Å². The van der Waals surface area contributed by atoms with Crippen LogP contribution in [0.5, 0.6) is 0 Å². The van der Waals surface area contributed by atoms with Gasteiger partial charge in [0.25, 0.3) is 15.9 Å². The number of anilines is 3. The minimum absolute atomic E-state index is 0.0729. The third kappa shape index (κ3) is 5.65. The number of benzene rings is 3. The standard InChI is InChI=1S/C24H25ClN4O3S/c1-28-13-15-29(16-14-28)23-12-9-19(25)17-22(23)26-24(30)18-7-10-21(11-8-18)33(31,32)27-20-5-3-2-4-6-20/h2-12,17,27H,13-16H2,1H3,(H,26,30). The SMILES string of the molecule is CN1CCN(c2ccc(Cl)cc2NC(=O)c2ccc(S(=O)(=O)Nc3ccccc3)cc2)CC1. The molecular formula is C24H25ClN4O3S. The molecule has 33 heavy (non-hydrogen) atoms. The van der Waals surface area contributed by atoms with Gasteiger partial charge in [0.15, 0.2) is 0 Å². The van der Waals surface area contributed by atoms with Crippen LogP contribution in [0.15, 0.2) is 77.7 Å². The summed E-state index contributed by atoms with van der Waals surface area (Å²) >= 11 is 6.19. The minimum Gasteiger partial charge on any atom is -0.367 e. The third-order valence-corrected chi connectivity index (χ3v) is 7.14. The highest BCUT2D eigenvalue weighted by molar-refractivity contribution is 7.92. The Morgan fingerprint density at radius 2 is 1.58 bits per heavy atom. The third-order valence-electron chi connectivity index (χ3n) is 5.50. The Morgan fingerprint density at radius 1 is 0.909 bits per heavy atom. The first kappa shape index (κ1) is 23.1. The molecule has 1 aliphatic heterocycles. The van der Waals surface area contributed by atoms with E-state index < -0.39 is 10.0 Å². The molecule has 1 fully saturated rings. The molecule has 0 unspecified atom stereocenters. The van der Waals surface area contributed by atoms with Crippen molar-refractivity contribution in [3.05, 3.63) is 83.4 Å². The van der Waals surface area contributed by atoms with Gasteiger partial charge < -0.3 is 15.1 Å². The number of rotatable bonds is 6. The maximum atomic E-state index is 12.9. The molecule has 0 atom stereocenters. The number of piperazine rings is 1. The fourth-order valence-electron chi connectivity index (χ4n) is 3.63. The number of amides is 1. The van der Waals surface area contributed by atoms with Crippen molar-refractivity contribution in [1.29, 1.82) is 0 Å². The molecule has 7 nitrogen and oxygen atoms in total. The van der Waals surface area contributed by atoms with Crippen LogP contribution in [0.1, 0.15) is 10.4 Å². The average molecular weight is 485 g/mol. The van der Waals surface area contributed by atoms with Gasteiger partial charge in [0.2, 0.25) is 0 Å². The molecule has 172 valence electrons. The van der Waals surface area contributed by atoms with E-state index in [0.717, 1.165) is 31.9 Å². The summed E-state index contributed by atoms with van der Waals surface area (Å²) in [6.45, 7) is 3.57. The zero-order valence-corrected chi connectivity index (χ0v) is 19.7. The van der Waals surface area contributed by atoms with E-state index in [1.54, 1.807) is 36.4 Å². The molecule has 3 aromatic carbocycles. The van der Waals surface area contributed by atoms with Crippen LogP contribution in [-0.4, -0.2) is 52.5 Å². The Labute approximate surface area is 199 Å². The predicted molar refractivity (Wildman–Crippen MR) is 133 cm³/mol. The molecule has 1 heterocycles. The van der Waals surface area contributed by atoms with E-state index >= 15 is 0 Å². The molecule has 2 N–H and O–H groups in total. The van der Waals surface area contributed by atoms with Crippen molar-refractivity contribution in [2.75, 3.05) is 48.2 Å². The Kier molecular flexibility index (Phi) is 6.88. The monoisotopic (exact) mass is 484 g/mol. The van der Waals surface area contributed by atoms with Crippen LogP contribution >= 0.6 is 11.6 Å². The molecule has 0 spiro atoms. The molecular weight excluding hydrogens is 460 g/mol. The van der Waals surface area contributed by atoms with E-state index in [0.29, 0.717) is 22.0 Å². The summed E-state index contributed by atoms with van der Waals surface area (Å²) in [5.74, 6) is -0.340. The summed E-state index contributed by atoms with van der Waals surface area (Å²) in [7, 11) is -1.67. The van der Waals surface area contributed by atoms with E-state index in [9.17, 15) is 13.2 Å². The van der Waals surface area contributed by atoms with Gasteiger partial charge >= 0.3 is 0 Å². The number of carbonyl (C=O) groups is 1. The molecule has 1 aliphatic rings. The fraction of sp³-hybridized carbons (Fsp3) is 0.208. The maximum Gasteiger partial charge on any atom is 0.261 e. The Bertz CT molecular complexity index is 1230. The molecule has 0 aromatic heterocycles. The average Bonchev–Trinajstić information content (AvgIpc) is 2.80. The summed E-state index contributed by atoms with van der Waals surface area (Å²) in [6.07, 6.45) is 0. The second-order valence-electron chi connectivity index (χ2n) is 7.90. The summed E-state index contributed by atoms with van der Waals surface area (Å²) < 4.78 is 27.8. The smallest absolute Gasteiger partial charge is 0.261 e. The van der Waals surface area contributed by atoms with Crippen molar-refractivity contribution in [2.24, 2.45) is 0 Å². The van der Waals surface area contributed by atoms with E-state index in [-0.39, 0.29) is 10.8 Å². The number of para-hydroxylation sites is 1. The lowest BCUT2D eigenvalue weighted by Gasteiger charge is -2.35. The summed E-state index contributed by atoms with van der Waals surface area (Å²) in [4.78, 5) is 17.5. The highest BCUT2D eigenvalue weighted by Crippen LogP contribution is 2.30. The number of sulfonamides is 1. The quantitative estimate of drug-likeness (QED) is 0.549. The predicted octanol–water partition coefficient (Wildman–Crippen LogP) is 4.14. The summed E-state index contributed by atoms with van der Waals surface area (Å²) in [5, 5.41) is 3.46. The second kappa shape index (κ2) is 9.82. The van der Waals surface area contributed by atoms with Crippen LogP contribution in [0.4, 0.5) is 17.1 Å². The van der Waals surface area contributed by atoms with Gasteiger partial charge in [0, 0.05) is 42.5 Å². The number of halogens is 1. The van der Waals surface area contributed by atoms with Gasteiger partial charge in [-0.1, -0.05) is 29.8 Å². The largest absolute Gasteiger partial charge is 0.367 e. The molecule has 0 aliphatic carbocycles. The van der Waals surface area contributed by atoms with Crippen molar-refractivity contribution < 1.29 is 13.2 Å². The van der Waals surface area contributed by atoms with E-state index in [4.69, 9.17) is 11.6 Å². The lowest BCUT2D eigenvalue weighted by Crippen LogP contribution is -2.44. The van der Waals surface area contributed by atoms with Gasteiger partial charge in [-0.2, -0.15) is 0 Å². The van der Waals surface area contributed by atoms with E-state index in [2.05, 4.69) is 26.9 Å². The summed E-state index contributed by atoms with van der Waals surface area (Å²) in [5.41, 5.74) is 2.35.